The molecule has 1 aromatic rings. The fourth-order valence-corrected chi connectivity index (χ4v) is 1.73. The molecule has 108 valence electrons. The molecule has 0 spiro atoms. The minimum Gasteiger partial charge on any atom is -0.444 e. The molecule has 1 unspecified atom stereocenters. The molecule has 1 rings (SSSR count). The summed E-state index contributed by atoms with van der Waals surface area (Å²) in [6.45, 7) is 7.33. The van der Waals surface area contributed by atoms with Gasteiger partial charge in [0.2, 0.25) is 0 Å². The van der Waals surface area contributed by atoms with Gasteiger partial charge in [-0.2, -0.15) is 5.10 Å². The highest BCUT2D eigenvalue weighted by Gasteiger charge is 2.24. The number of nitrogens with zero attached hydrogens (tertiary/aromatic N) is 2. The highest BCUT2D eigenvalue weighted by atomic mass is 79.9. The Morgan fingerprint density at radius 3 is 2.63 bits per heavy atom. The van der Waals surface area contributed by atoms with Crippen LogP contribution in [0.15, 0.2) is 16.9 Å². The summed E-state index contributed by atoms with van der Waals surface area (Å²) in [5.74, 6) is 0. The van der Waals surface area contributed by atoms with Crippen molar-refractivity contribution in [1.29, 1.82) is 0 Å². The van der Waals surface area contributed by atoms with Crippen molar-refractivity contribution in [3.8, 4) is 0 Å². The van der Waals surface area contributed by atoms with Gasteiger partial charge in [-0.15, -0.1) is 0 Å². The number of hydrogen-bond acceptors (Lipinski definition) is 4. The number of carbonyl (C=O) groups excluding carboxylic acids is 1. The molecule has 0 saturated heterocycles. The Bertz CT molecular complexity index is 438. The maximum absolute atomic E-state index is 11.5. The Hall–Kier alpha value is -1.08. The van der Waals surface area contributed by atoms with Crippen molar-refractivity contribution in [2.75, 3.05) is 6.54 Å². The number of amides is 1. The van der Waals surface area contributed by atoms with E-state index in [1.165, 1.54) is 0 Å². The Morgan fingerprint density at radius 1 is 1.53 bits per heavy atom. The van der Waals surface area contributed by atoms with Crippen LogP contribution in [0.2, 0.25) is 0 Å². The summed E-state index contributed by atoms with van der Waals surface area (Å²) >= 11 is 3.28. The van der Waals surface area contributed by atoms with Gasteiger partial charge in [-0.05, 0) is 43.6 Å². The number of hydrogen-bond donors (Lipinski definition) is 2. The van der Waals surface area contributed by atoms with Crippen LogP contribution in [0.25, 0.3) is 0 Å². The van der Waals surface area contributed by atoms with Gasteiger partial charge in [-0.25, -0.2) is 4.79 Å². The second kappa shape index (κ2) is 5.92. The van der Waals surface area contributed by atoms with Gasteiger partial charge >= 0.3 is 6.09 Å². The lowest BCUT2D eigenvalue weighted by molar-refractivity contribution is 0.0228. The molecule has 1 amide bonds. The molecule has 0 aliphatic carbocycles. The van der Waals surface area contributed by atoms with E-state index in [2.05, 4.69) is 26.3 Å². The van der Waals surface area contributed by atoms with Gasteiger partial charge in [-0.3, -0.25) is 4.68 Å². The van der Waals surface area contributed by atoms with E-state index in [-0.39, 0.29) is 13.1 Å². The molecule has 1 atom stereocenters. The smallest absolute Gasteiger partial charge is 0.407 e. The van der Waals surface area contributed by atoms with Crippen LogP contribution >= 0.6 is 15.9 Å². The van der Waals surface area contributed by atoms with Crippen LogP contribution < -0.4 is 5.32 Å². The largest absolute Gasteiger partial charge is 0.444 e. The molecule has 0 aromatic carbocycles. The number of aromatic nitrogens is 2. The van der Waals surface area contributed by atoms with E-state index in [4.69, 9.17) is 4.74 Å². The van der Waals surface area contributed by atoms with Crippen LogP contribution in [-0.2, 0) is 11.3 Å². The molecule has 0 radical (unpaired) electrons. The fourth-order valence-electron chi connectivity index (χ4n) is 1.41. The molecule has 0 aliphatic rings. The van der Waals surface area contributed by atoms with E-state index < -0.39 is 17.3 Å². The molecule has 0 aliphatic heterocycles. The van der Waals surface area contributed by atoms with Crippen LogP contribution in [-0.4, -0.2) is 38.7 Å². The van der Waals surface area contributed by atoms with Crippen molar-refractivity contribution in [2.45, 2.75) is 45.4 Å². The lowest BCUT2D eigenvalue weighted by Crippen LogP contribution is -2.45. The fraction of sp³-hybridized carbons (Fsp3) is 0.667. The maximum Gasteiger partial charge on any atom is 0.407 e. The normalized spacial score (nSPS) is 14.8. The lowest BCUT2D eigenvalue weighted by atomic mass is 10.1. The number of carbonyl (C=O) groups is 1. The monoisotopic (exact) mass is 333 g/mol. The molecule has 19 heavy (non-hydrogen) atoms. The number of rotatable bonds is 4. The number of alkyl carbamates (subject to hydrolysis) is 1. The van der Waals surface area contributed by atoms with Crippen molar-refractivity contribution in [3.63, 3.8) is 0 Å². The molecule has 0 saturated carbocycles. The zero-order valence-corrected chi connectivity index (χ0v) is 13.2. The molecule has 2 N–H and O–H groups in total. The van der Waals surface area contributed by atoms with Gasteiger partial charge in [0.1, 0.15) is 5.60 Å². The third-order valence-corrected chi connectivity index (χ3v) is 2.53. The van der Waals surface area contributed by atoms with Gasteiger partial charge in [0.05, 0.1) is 29.4 Å². The summed E-state index contributed by atoms with van der Waals surface area (Å²) in [6, 6.07) is 0. The first-order valence-electron chi connectivity index (χ1n) is 5.95. The van der Waals surface area contributed by atoms with Crippen LogP contribution in [0, 0.1) is 0 Å². The summed E-state index contributed by atoms with van der Waals surface area (Å²) in [6.07, 6.45) is 2.84. The number of halogens is 1. The first kappa shape index (κ1) is 16.0. The lowest BCUT2D eigenvalue weighted by Gasteiger charge is -2.25. The van der Waals surface area contributed by atoms with Gasteiger partial charge in [0, 0.05) is 6.20 Å². The summed E-state index contributed by atoms with van der Waals surface area (Å²) in [4.78, 5) is 11.5. The zero-order chi connectivity index (χ0) is 14.7. The second-order valence-corrected chi connectivity index (χ2v) is 6.62. The van der Waals surface area contributed by atoms with E-state index in [1.54, 1.807) is 44.8 Å². The number of nitrogens with one attached hydrogen (secondary N) is 1. The van der Waals surface area contributed by atoms with Gasteiger partial charge in [0.15, 0.2) is 0 Å². The summed E-state index contributed by atoms with van der Waals surface area (Å²) < 4.78 is 7.53. The van der Waals surface area contributed by atoms with E-state index in [0.29, 0.717) is 0 Å². The predicted molar refractivity (Wildman–Crippen MR) is 74.8 cm³/mol. The van der Waals surface area contributed by atoms with Crippen molar-refractivity contribution in [2.24, 2.45) is 0 Å². The summed E-state index contributed by atoms with van der Waals surface area (Å²) in [5, 5.41) is 16.8. The molecular weight excluding hydrogens is 314 g/mol. The standard InChI is InChI=1S/C12H20BrN3O3/c1-11(2,3)19-10(17)14-7-12(4,18)8-16-6-9(13)5-15-16/h5-6,18H,7-8H2,1-4H3,(H,14,17). The average Bonchev–Trinajstić information content (AvgIpc) is 2.58. The third kappa shape index (κ3) is 6.58. The Morgan fingerprint density at radius 2 is 2.16 bits per heavy atom. The minimum absolute atomic E-state index is 0.0827. The van der Waals surface area contributed by atoms with Gasteiger partial charge in [-0.1, -0.05) is 0 Å². The van der Waals surface area contributed by atoms with Crippen molar-refractivity contribution < 1.29 is 14.6 Å². The molecule has 0 fully saturated rings. The summed E-state index contributed by atoms with van der Waals surface area (Å²) in [5.41, 5.74) is -1.66. The van der Waals surface area contributed by atoms with Crippen LogP contribution in [0.4, 0.5) is 4.79 Å². The van der Waals surface area contributed by atoms with Crippen LogP contribution in [0.5, 0.6) is 0 Å². The molecule has 7 heteroatoms. The van der Waals surface area contributed by atoms with Crippen molar-refractivity contribution in [3.05, 3.63) is 16.9 Å². The Labute approximate surface area is 121 Å². The third-order valence-electron chi connectivity index (χ3n) is 2.12. The van der Waals surface area contributed by atoms with Gasteiger partial charge in [0.25, 0.3) is 0 Å². The van der Waals surface area contributed by atoms with Gasteiger partial charge < -0.3 is 15.2 Å². The summed E-state index contributed by atoms with van der Waals surface area (Å²) in [7, 11) is 0. The Balaban J connectivity index is 2.44. The highest BCUT2D eigenvalue weighted by molar-refractivity contribution is 9.10. The maximum atomic E-state index is 11.5. The van der Waals surface area contributed by atoms with Crippen molar-refractivity contribution in [1.82, 2.24) is 15.1 Å². The van der Waals surface area contributed by atoms with E-state index in [1.807, 2.05) is 0 Å². The second-order valence-electron chi connectivity index (χ2n) is 5.71. The van der Waals surface area contributed by atoms with Crippen molar-refractivity contribution >= 4 is 22.0 Å². The topological polar surface area (TPSA) is 76.4 Å². The van der Waals surface area contributed by atoms with Crippen LogP contribution in [0.1, 0.15) is 27.7 Å². The molecule has 6 nitrogen and oxygen atoms in total. The highest BCUT2D eigenvalue weighted by Crippen LogP contribution is 2.11. The molecule has 1 aromatic heterocycles. The average molecular weight is 334 g/mol. The zero-order valence-electron chi connectivity index (χ0n) is 11.6. The van der Waals surface area contributed by atoms with E-state index in [0.717, 1.165) is 4.47 Å². The first-order chi connectivity index (χ1) is 8.57. The quantitative estimate of drug-likeness (QED) is 0.882. The van der Waals surface area contributed by atoms with E-state index in [9.17, 15) is 9.90 Å². The van der Waals surface area contributed by atoms with E-state index >= 15 is 0 Å². The number of aliphatic hydroxyl groups is 1. The minimum atomic E-state index is -1.11. The molecular formula is C12H20BrN3O3. The Kier molecular flexibility index (Phi) is 4.98. The number of ether oxygens (including phenoxy) is 1. The van der Waals surface area contributed by atoms with Crippen LogP contribution in [0.3, 0.4) is 0 Å². The first-order valence-corrected chi connectivity index (χ1v) is 6.74. The molecule has 0 bridgehead atoms. The molecule has 1 heterocycles. The predicted octanol–water partition coefficient (Wildman–Crippen LogP) is 1.92. The SMILES string of the molecule is CC(O)(CNC(=O)OC(C)(C)C)Cn1cc(Br)cn1.